The lowest BCUT2D eigenvalue weighted by Gasteiger charge is -2.20. The van der Waals surface area contributed by atoms with Crippen molar-refractivity contribution in [3.63, 3.8) is 0 Å². The van der Waals surface area contributed by atoms with E-state index in [1.165, 1.54) is 12.0 Å². The number of likely N-dealkylation sites (N-methyl/N-ethyl adjacent to an activating group) is 1. The van der Waals surface area contributed by atoms with Gasteiger partial charge in [0.25, 0.3) is 0 Å². The van der Waals surface area contributed by atoms with E-state index in [2.05, 4.69) is 64.1 Å². The molecule has 15 heteroatoms. The van der Waals surface area contributed by atoms with Crippen LogP contribution in [-0.2, 0) is 26.2 Å². The van der Waals surface area contributed by atoms with Crippen LogP contribution < -0.4 is 38.5 Å². The van der Waals surface area contributed by atoms with Crippen molar-refractivity contribution in [1.29, 1.82) is 0 Å². The molecule has 14 nitrogen and oxygen atoms in total. The van der Waals surface area contributed by atoms with Gasteiger partial charge in [0.2, 0.25) is 17.7 Å². The fourth-order valence-electron chi connectivity index (χ4n) is 3.88. The zero-order valence-electron chi connectivity index (χ0n) is 31.4. The second-order valence-corrected chi connectivity index (χ2v) is 12.4. The van der Waals surface area contributed by atoms with E-state index in [4.69, 9.17) is 29.4 Å². The van der Waals surface area contributed by atoms with Gasteiger partial charge in [0.1, 0.15) is 6.04 Å². The number of amides is 3. The lowest BCUT2D eigenvalue weighted by Crippen LogP contribution is -2.52. The molecule has 3 amide bonds. The molecule has 0 radical (unpaired) electrons. The Kier molecular flexibility index (Phi) is 28.6. The number of aromatic nitrogens is 2. The third kappa shape index (κ3) is 25.9. The zero-order chi connectivity index (χ0) is 38.5. The quantitative estimate of drug-likeness (QED) is 0.0519. The van der Waals surface area contributed by atoms with Gasteiger partial charge in [-0.25, -0.2) is 0 Å². The van der Waals surface area contributed by atoms with Gasteiger partial charge in [0, 0.05) is 31.4 Å². The first-order chi connectivity index (χ1) is 23.6. The molecule has 50 heavy (non-hydrogen) atoms. The monoisotopic (exact) mass is 720 g/mol. The van der Waals surface area contributed by atoms with Gasteiger partial charge in [-0.1, -0.05) is 70.0 Å². The minimum atomic E-state index is -0.814. The van der Waals surface area contributed by atoms with E-state index in [1.807, 2.05) is 42.9 Å². The Bertz CT molecular complexity index is 1310. The minimum Gasteiger partial charge on any atom is -0.370 e. The lowest BCUT2D eigenvalue weighted by atomic mass is 10.1. The van der Waals surface area contributed by atoms with Crippen molar-refractivity contribution in [2.45, 2.75) is 92.2 Å². The number of carbonyl (C=O) groups is 4. The number of nitrogens with one attached hydrogen (secondary N) is 5. The molecule has 284 valence electrons. The topological polar surface area (TPSA) is 228 Å². The largest absolute Gasteiger partial charge is 0.370 e. The second-order valence-electron chi connectivity index (χ2n) is 12.0. The lowest BCUT2D eigenvalue weighted by molar-refractivity contribution is -0.131. The molecule has 0 fully saturated rings. The van der Waals surface area contributed by atoms with Crippen LogP contribution in [0.25, 0.3) is 0 Å². The van der Waals surface area contributed by atoms with Crippen LogP contribution in [0.2, 0.25) is 0 Å². The average molecular weight is 721 g/mol. The van der Waals surface area contributed by atoms with Crippen molar-refractivity contribution >= 4 is 41.7 Å². The molecule has 2 aromatic rings. The van der Waals surface area contributed by atoms with E-state index in [1.54, 1.807) is 20.9 Å². The number of aryl methyl sites for hydroxylation is 3. The fourth-order valence-corrected chi connectivity index (χ4v) is 4.10. The number of benzene rings is 1. The summed E-state index contributed by atoms with van der Waals surface area (Å²) in [6.07, 6.45) is 5.99. The second kappa shape index (κ2) is 29.8. The van der Waals surface area contributed by atoms with E-state index < -0.39 is 23.9 Å². The summed E-state index contributed by atoms with van der Waals surface area (Å²) in [6, 6.07) is 8.94. The number of nitrogens with zero attached hydrogens (tertiary/aromatic N) is 2. The van der Waals surface area contributed by atoms with Crippen LogP contribution in [0.3, 0.4) is 0 Å². The van der Waals surface area contributed by atoms with Crippen LogP contribution in [0.15, 0.2) is 41.5 Å². The summed E-state index contributed by atoms with van der Waals surface area (Å²) in [4.78, 5) is 55.7. The van der Waals surface area contributed by atoms with E-state index in [0.29, 0.717) is 45.2 Å². The van der Waals surface area contributed by atoms with Crippen molar-refractivity contribution in [3.05, 3.63) is 52.6 Å². The van der Waals surface area contributed by atoms with E-state index in [-0.39, 0.29) is 36.7 Å². The van der Waals surface area contributed by atoms with Gasteiger partial charge in [-0.2, -0.15) is 0 Å². The molecule has 2 unspecified atom stereocenters. The van der Waals surface area contributed by atoms with Gasteiger partial charge in [0.05, 0.1) is 19.1 Å². The predicted octanol–water partition coefficient (Wildman–Crippen LogP) is 2.50. The normalized spacial score (nSPS) is 11.2. The van der Waals surface area contributed by atoms with Crippen LogP contribution in [0.1, 0.15) is 77.5 Å². The number of Topliss-reactive ketones (excluding diaryl/α,β-unsaturated/α-hetero) is 1. The van der Waals surface area contributed by atoms with Gasteiger partial charge in [-0.15, -0.1) is 0 Å². The van der Waals surface area contributed by atoms with Crippen molar-refractivity contribution in [2.24, 2.45) is 35.2 Å². The summed E-state index contributed by atoms with van der Waals surface area (Å²) < 4.78 is 2.66. The first-order valence-corrected chi connectivity index (χ1v) is 17.6. The number of rotatable bonds is 17. The number of hydrogen-bond acceptors (Lipinski definition) is 8. The molecule has 0 aliphatic carbocycles. The Morgan fingerprint density at radius 3 is 1.90 bits per heavy atom. The maximum Gasteiger partial charge on any atom is 0.242 e. The Hall–Kier alpha value is -4.08. The first kappa shape index (κ1) is 48.0. The zero-order valence-corrected chi connectivity index (χ0v) is 32.3. The predicted molar refractivity (Wildman–Crippen MR) is 206 cm³/mol. The number of unbranched alkanes of at least 4 members (excludes halogenated alkanes) is 1. The number of ketones is 1. The fraction of sp³-hybridized carbons (Fsp3) is 0.600. The standard InChI is InChI=1S/C20H40N8O4.C7H8.C5H8N2S.C3H8/c1-13(2)16(29)11-26-19(32)15(7-4-5-9-21)28-17(30)12-27-18(31)14(24-3)8-6-10-25-20(22)23;1-7-5-3-2-4-6-7;1-4-3-7(2)5(8)6-4;1-3-2/h13-15,24H,4-12,21H2,1-3H3,(H,26,32)(H,27,31)(H,28,30)(H4,22,23,25);2-6H,1H3;3H,1-2H3,(H,6,8);3H2,1-2H3. The van der Waals surface area contributed by atoms with Crippen LogP contribution in [0.5, 0.6) is 0 Å². The Morgan fingerprint density at radius 2 is 1.48 bits per heavy atom. The summed E-state index contributed by atoms with van der Waals surface area (Å²) in [5, 5.41) is 10.6. The number of guanidine groups is 1. The molecule has 1 aromatic carbocycles. The van der Waals surface area contributed by atoms with Crippen LogP contribution in [0.4, 0.5) is 0 Å². The molecule has 0 saturated heterocycles. The van der Waals surface area contributed by atoms with Gasteiger partial charge >= 0.3 is 0 Å². The highest BCUT2D eigenvalue weighted by Crippen LogP contribution is 2.02. The smallest absolute Gasteiger partial charge is 0.242 e. The van der Waals surface area contributed by atoms with E-state index in [0.717, 1.165) is 10.5 Å². The van der Waals surface area contributed by atoms with Crippen molar-refractivity contribution in [3.8, 4) is 0 Å². The summed E-state index contributed by atoms with van der Waals surface area (Å²) >= 11 is 4.88. The number of nitrogens with two attached hydrogens (primary N) is 3. The first-order valence-electron chi connectivity index (χ1n) is 17.2. The minimum absolute atomic E-state index is 0.00856. The van der Waals surface area contributed by atoms with Gasteiger partial charge < -0.3 is 48.0 Å². The van der Waals surface area contributed by atoms with E-state index >= 15 is 0 Å². The van der Waals surface area contributed by atoms with Crippen LogP contribution in [-0.4, -0.2) is 84.3 Å². The molecule has 0 saturated carbocycles. The molecule has 1 aromatic heterocycles. The third-order valence-corrected chi connectivity index (χ3v) is 7.06. The maximum atomic E-state index is 12.5. The highest BCUT2D eigenvalue weighted by Gasteiger charge is 2.22. The SMILES string of the molecule is CCC.CNC(CCCN=C(N)N)C(=O)NCC(=O)NC(CCCCN)C(=O)NCC(=O)C(C)C.Cc1ccccc1.Cc1cn(C)c(=S)[nH]1. The van der Waals surface area contributed by atoms with Gasteiger partial charge in [-0.05, 0) is 71.8 Å². The maximum absolute atomic E-state index is 12.5. The third-order valence-electron chi connectivity index (χ3n) is 6.67. The molecular formula is C35H64N10O4S. The molecule has 0 bridgehead atoms. The summed E-state index contributed by atoms with van der Waals surface area (Å²) in [5.74, 6) is -1.60. The number of hydrogen-bond donors (Lipinski definition) is 8. The molecule has 1 heterocycles. The molecule has 2 atom stereocenters. The van der Waals surface area contributed by atoms with Gasteiger partial charge in [0.15, 0.2) is 16.5 Å². The Morgan fingerprint density at radius 1 is 0.920 bits per heavy atom. The molecular weight excluding hydrogens is 657 g/mol. The molecule has 2 rings (SSSR count). The summed E-state index contributed by atoms with van der Waals surface area (Å²) in [7, 11) is 3.56. The van der Waals surface area contributed by atoms with Crippen molar-refractivity contribution < 1.29 is 19.2 Å². The molecule has 0 aliphatic heterocycles. The Labute approximate surface area is 304 Å². The number of H-pyrrole nitrogens is 1. The van der Waals surface area contributed by atoms with Crippen LogP contribution >= 0.6 is 12.2 Å². The number of imidazole rings is 1. The average Bonchev–Trinajstić information content (AvgIpc) is 3.36. The van der Waals surface area contributed by atoms with Crippen molar-refractivity contribution in [1.82, 2.24) is 30.8 Å². The summed E-state index contributed by atoms with van der Waals surface area (Å²) in [6.45, 7) is 12.3. The van der Waals surface area contributed by atoms with Crippen molar-refractivity contribution in [2.75, 3.05) is 33.2 Å². The van der Waals surface area contributed by atoms with E-state index in [9.17, 15) is 19.2 Å². The highest BCUT2D eigenvalue weighted by atomic mass is 32.1. The number of carbonyl (C=O) groups excluding carboxylic acids is 4. The van der Waals surface area contributed by atoms with Gasteiger partial charge in [-0.3, -0.25) is 24.2 Å². The Balaban J connectivity index is 0. The molecule has 0 aliphatic rings. The van der Waals surface area contributed by atoms with Crippen LogP contribution in [0, 0.1) is 24.5 Å². The number of aromatic amines is 1. The molecule has 11 N–H and O–H groups in total. The summed E-state index contributed by atoms with van der Waals surface area (Å²) in [5.41, 5.74) is 18.5. The molecule has 0 spiro atoms. The number of aliphatic imine (C=N–C) groups is 1. The highest BCUT2D eigenvalue weighted by molar-refractivity contribution is 7.71.